The summed E-state index contributed by atoms with van der Waals surface area (Å²) in [6.07, 6.45) is 0. The minimum atomic E-state index is 0. The second-order valence-electron chi connectivity index (χ2n) is 2.24. The molecule has 0 aliphatic heterocycles. The van der Waals surface area contributed by atoms with Gasteiger partial charge in [0.25, 0.3) is 0 Å². The van der Waals surface area contributed by atoms with Crippen molar-refractivity contribution in [3.63, 3.8) is 0 Å². The highest BCUT2D eigenvalue weighted by Crippen LogP contribution is 2.11. The zero-order valence-electron chi connectivity index (χ0n) is 6.47. The van der Waals surface area contributed by atoms with E-state index in [1.54, 1.807) is 13.0 Å². The molecule has 1 aromatic rings. The Balaban J connectivity index is 0.000001000. The molecular formula is C7H11ClN2O. The Bertz CT molecular complexity index is 267. The van der Waals surface area contributed by atoms with Crippen LogP contribution in [0, 0.1) is 19.3 Å². The van der Waals surface area contributed by atoms with Crippen LogP contribution in [0.2, 0.25) is 0 Å². The predicted molar refractivity (Wildman–Crippen MR) is 46.4 cm³/mol. The van der Waals surface area contributed by atoms with Crippen molar-refractivity contribution in [2.24, 2.45) is 5.73 Å². The number of nitrogen functional groups attached to an aromatic ring is 1. The topological polar surface area (TPSA) is 63.0 Å². The molecule has 1 aromatic heterocycles. The van der Waals surface area contributed by atoms with E-state index in [-0.39, 0.29) is 18.2 Å². The van der Waals surface area contributed by atoms with Crippen LogP contribution >= 0.6 is 12.4 Å². The number of amidine groups is 1. The molecule has 11 heavy (non-hydrogen) atoms. The van der Waals surface area contributed by atoms with Crippen molar-refractivity contribution >= 4 is 18.2 Å². The van der Waals surface area contributed by atoms with Gasteiger partial charge in [-0.25, -0.2) is 0 Å². The number of rotatable bonds is 1. The van der Waals surface area contributed by atoms with Gasteiger partial charge in [0.1, 0.15) is 17.4 Å². The summed E-state index contributed by atoms with van der Waals surface area (Å²) in [4.78, 5) is 0. The number of hydrogen-bond donors (Lipinski definition) is 2. The molecule has 3 N–H and O–H groups in total. The van der Waals surface area contributed by atoms with Gasteiger partial charge < -0.3 is 10.2 Å². The smallest absolute Gasteiger partial charge is 0.126 e. The first-order valence-corrected chi connectivity index (χ1v) is 3.02. The largest absolute Gasteiger partial charge is 0.466 e. The molecular weight excluding hydrogens is 164 g/mol. The first-order chi connectivity index (χ1) is 4.61. The molecule has 0 aromatic carbocycles. The Hall–Kier alpha value is -0.960. The summed E-state index contributed by atoms with van der Waals surface area (Å²) in [5, 5.41) is 7.11. The normalized spacial score (nSPS) is 8.91. The molecule has 0 saturated carbocycles. The van der Waals surface area contributed by atoms with Crippen molar-refractivity contribution in [3.8, 4) is 0 Å². The van der Waals surface area contributed by atoms with Gasteiger partial charge in [-0.3, -0.25) is 5.41 Å². The zero-order valence-corrected chi connectivity index (χ0v) is 7.29. The average Bonchev–Trinajstić information content (AvgIpc) is 2.10. The van der Waals surface area contributed by atoms with E-state index >= 15 is 0 Å². The van der Waals surface area contributed by atoms with Crippen molar-refractivity contribution in [2.75, 3.05) is 0 Å². The first-order valence-electron chi connectivity index (χ1n) is 3.02. The summed E-state index contributed by atoms with van der Waals surface area (Å²) in [7, 11) is 0. The number of nitrogens with one attached hydrogen (secondary N) is 1. The summed E-state index contributed by atoms with van der Waals surface area (Å²) in [5.74, 6) is 1.57. The van der Waals surface area contributed by atoms with E-state index in [1.165, 1.54) is 0 Å². The van der Waals surface area contributed by atoms with Crippen LogP contribution < -0.4 is 5.73 Å². The number of aryl methyl sites for hydroxylation is 2. The van der Waals surface area contributed by atoms with Gasteiger partial charge >= 0.3 is 0 Å². The molecule has 0 amide bonds. The maximum atomic E-state index is 7.11. The quantitative estimate of drug-likeness (QED) is 0.502. The van der Waals surface area contributed by atoms with Gasteiger partial charge in [-0.1, -0.05) is 0 Å². The van der Waals surface area contributed by atoms with Crippen LogP contribution in [0.15, 0.2) is 10.5 Å². The highest BCUT2D eigenvalue weighted by Gasteiger charge is 2.05. The van der Waals surface area contributed by atoms with Gasteiger partial charge in [0, 0.05) is 0 Å². The van der Waals surface area contributed by atoms with Crippen molar-refractivity contribution in [2.45, 2.75) is 13.8 Å². The van der Waals surface area contributed by atoms with Crippen LogP contribution in [0.1, 0.15) is 17.1 Å². The van der Waals surface area contributed by atoms with Crippen LogP contribution in [0.25, 0.3) is 0 Å². The molecule has 3 nitrogen and oxygen atoms in total. The molecule has 1 heterocycles. The minimum Gasteiger partial charge on any atom is -0.466 e. The Morgan fingerprint density at radius 2 is 2.09 bits per heavy atom. The molecule has 0 radical (unpaired) electrons. The SMILES string of the molecule is Cc1cc(C(=N)N)c(C)o1.Cl. The molecule has 1 rings (SSSR count). The molecule has 62 valence electrons. The van der Waals surface area contributed by atoms with E-state index in [0.29, 0.717) is 11.3 Å². The third-order valence-corrected chi connectivity index (χ3v) is 1.33. The van der Waals surface area contributed by atoms with E-state index in [9.17, 15) is 0 Å². The highest BCUT2D eigenvalue weighted by molar-refractivity contribution is 5.95. The number of halogens is 1. The van der Waals surface area contributed by atoms with Crippen LogP contribution in [0.5, 0.6) is 0 Å². The lowest BCUT2D eigenvalue weighted by molar-refractivity contribution is 0.504. The van der Waals surface area contributed by atoms with Gasteiger partial charge in [-0.05, 0) is 19.9 Å². The molecule has 0 saturated heterocycles. The third-order valence-electron chi connectivity index (χ3n) is 1.33. The second kappa shape index (κ2) is 3.44. The lowest BCUT2D eigenvalue weighted by Crippen LogP contribution is -2.10. The first kappa shape index (κ1) is 10.0. The van der Waals surface area contributed by atoms with Gasteiger partial charge in [0.2, 0.25) is 0 Å². The zero-order chi connectivity index (χ0) is 7.72. The summed E-state index contributed by atoms with van der Waals surface area (Å²) in [5.41, 5.74) is 5.94. The third kappa shape index (κ3) is 1.98. The van der Waals surface area contributed by atoms with E-state index < -0.39 is 0 Å². The van der Waals surface area contributed by atoms with Gasteiger partial charge in [0.15, 0.2) is 0 Å². The van der Waals surface area contributed by atoms with E-state index in [1.807, 2.05) is 6.92 Å². The average molecular weight is 175 g/mol. The van der Waals surface area contributed by atoms with Crippen molar-refractivity contribution in [1.29, 1.82) is 5.41 Å². The van der Waals surface area contributed by atoms with Gasteiger partial charge in [-0.2, -0.15) is 0 Å². The maximum Gasteiger partial charge on any atom is 0.126 e. The molecule has 0 bridgehead atoms. The fourth-order valence-electron chi connectivity index (χ4n) is 0.898. The Labute approximate surface area is 71.5 Å². The second-order valence-corrected chi connectivity index (χ2v) is 2.24. The molecule has 0 aliphatic rings. The Morgan fingerprint density at radius 1 is 1.55 bits per heavy atom. The number of nitrogens with two attached hydrogens (primary N) is 1. The monoisotopic (exact) mass is 174 g/mol. The molecule has 0 atom stereocenters. The van der Waals surface area contributed by atoms with Crippen molar-refractivity contribution < 1.29 is 4.42 Å². The summed E-state index contributed by atoms with van der Waals surface area (Å²) < 4.78 is 5.15. The van der Waals surface area contributed by atoms with E-state index in [0.717, 1.165) is 5.76 Å². The minimum absolute atomic E-state index is 0. The highest BCUT2D eigenvalue weighted by atomic mass is 35.5. The number of hydrogen-bond acceptors (Lipinski definition) is 2. The van der Waals surface area contributed by atoms with Crippen molar-refractivity contribution in [3.05, 3.63) is 23.2 Å². The van der Waals surface area contributed by atoms with Gasteiger partial charge in [-0.15, -0.1) is 12.4 Å². The predicted octanol–water partition coefficient (Wildman–Crippen LogP) is 1.60. The van der Waals surface area contributed by atoms with Crippen molar-refractivity contribution in [1.82, 2.24) is 0 Å². The Morgan fingerprint density at radius 3 is 2.27 bits per heavy atom. The fourth-order valence-corrected chi connectivity index (χ4v) is 0.898. The lowest BCUT2D eigenvalue weighted by Gasteiger charge is -1.90. The lowest BCUT2D eigenvalue weighted by atomic mass is 10.2. The van der Waals surface area contributed by atoms with Gasteiger partial charge in [0.05, 0.1) is 5.56 Å². The van der Waals surface area contributed by atoms with E-state index in [2.05, 4.69) is 0 Å². The molecule has 0 unspecified atom stereocenters. The Kier molecular flexibility index (Phi) is 3.14. The fraction of sp³-hybridized carbons (Fsp3) is 0.286. The summed E-state index contributed by atoms with van der Waals surface area (Å²) >= 11 is 0. The summed E-state index contributed by atoms with van der Waals surface area (Å²) in [6.45, 7) is 3.63. The molecule has 4 heteroatoms. The molecule has 0 fully saturated rings. The molecule has 0 aliphatic carbocycles. The van der Waals surface area contributed by atoms with Crippen LogP contribution in [0.4, 0.5) is 0 Å². The standard InChI is InChI=1S/C7H10N2O.ClH/c1-4-3-6(7(8)9)5(2)10-4;/h3H,1-2H3,(H3,8,9);1H. The number of furan rings is 1. The van der Waals surface area contributed by atoms with E-state index in [4.69, 9.17) is 15.6 Å². The molecule has 0 spiro atoms. The maximum absolute atomic E-state index is 7.11. The van der Waals surface area contributed by atoms with Crippen LogP contribution in [0.3, 0.4) is 0 Å². The van der Waals surface area contributed by atoms with Crippen LogP contribution in [-0.4, -0.2) is 5.84 Å². The van der Waals surface area contributed by atoms with Crippen LogP contribution in [-0.2, 0) is 0 Å². The summed E-state index contributed by atoms with van der Waals surface area (Å²) in [6, 6.07) is 1.76.